The van der Waals surface area contributed by atoms with Crippen LogP contribution in [0, 0.1) is 17.1 Å². The molecular formula is C19H17FN4O3. The molecule has 1 unspecified atom stereocenters. The van der Waals surface area contributed by atoms with Gasteiger partial charge in [-0.25, -0.2) is 9.18 Å². The summed E-state index contributed by atoms with van der Waals surface area (Å²) in [5.74, 6) is -0.969. The fourth-order valence-corrected chi connectivity index (χ4v) is 2.92. The number of hydrogen-bond donors (Lipinski definition) is 1. The van der Waals surface area contributed by atoms with Crippen LogP contribution in [0.2, 0.25) is 0 Å². The number of pyridine rings is 1. The van der Waals surface area contributed by atoms with Crippen LogP contribution in [0.15, 0.2) is 36.5 Å². The van der Waals surface area contributed by atoms with Gasteiger partial charge in [0.25, 0.3) is 0 Å². The lowest BCUT2D eigenvalue weighted by atomic mass is 10.0. The zero-order valence-corrected chi connectivity index (χ0v) is 14.4. The van der Waals surface area contributed by atoms with Crippen LogP contribution < -0.4 is 10.6 Å². The van der Waals surface area contributed by atoms with Gasteiger partial charge >= 0.3 is 6.09 Å². The summed E-state index contributed by atoms with van der Waals surface area (Å²) in [6.07, 6.45) is 1.07. The molecule has 27 heavy (non-hydrogen) atoms. The number of amides is 2. The summed E-state index contributed by atoms with van der Waals surface area (Å²) >= 11 is 0. The maximum Gasteiger partial charge on any atom is 0.414 e. The zero-order chi connectivity index (χ0) is 19.4. The first-order valence-electron chi connectivity index (χ1n) is 8.36. The highest BCUT2D eigenvalue weighted by atomic mass is 19.1. The van der Waals surface area contributed by atoms with Crippen molar-refractivity contribution >= 4 is 17.7 Å². The van der Waals surface area contributed by atoms with Crippen LogP contribution in [0.1, 0.15) is 18.5 Å². The Morgan fingerprint density at radius 3 is 2.93 bits per heavy atom. The Hall–Kier alpha value is -3.47. The first-order valence-corrected chi connectivity index (χ1v) is 8.36. The highest BCUT2D eigenvalue weighted by Crippen LogP contribution is 2.29. The smallest absolute Gasteiger partial charge is 0.414 e. The molecule has 2 heterocycles. The second-order valence-corrected chi connectivity index (χ2v) is 6.16. The number of nitrogens with zero attached hydrogens (tertiary/aromatic N) is 3. The third-order valence-corrected chi connectivity index (χ3v) is 4.24. The minimum Gasteiger partial charge on any atom is -0.444 e. The van der Waals surface area contributed by atoms with Crippen molar-refractivity contribution in [2.45, 2.75) is 25.4 Å². The Morgan fingerprint density at radius 2 is 2.22 bits per heavy atom. The molecule has 1 saturated heterocycles. The lowest BCUT2D eigenvalue weighted by Gasteiger charge is -2.14. The number of anilines is 1. The first-order chi connectivity index (χ1) is 13.0. The number of carbonyl (C=O) groups excluding carboxylic acids is 2. The molecule has 2 N–H and O–H groups in total. The quantitative estimate of drug-likeness (QED) is 0.843. The number of nitrogens with two attached hydrogens (primary N) is 1. The number of hydrogen-bond acceptors (Lipinski definition) is 5. The van der Waals surface area contributed by atoms with E-state index in [0.717, 1.165) is 0 Å². The van der Waals surface area contributed by atoms with Gasteiger partial charge in [0.1, 0.15) is 11.9 Å². The van der Waals surface area contributed by atoms with Crippen LogP contribution in [-0.4, -0.2) is 29.6 Å². The number of ether oxygens (including phenoxy) is 1. The number of rotatable bonds is 6. The topological polar surface area (TPSA) is 109 Å². The lowest BCUT2D eigenvalue weighted by Crippen LogP contribution is -2.25. The van der Waals surface area contributed by atoms with Crippen molar-refractivity contribution in [3.63, 3.8) is 0 Å². The molecule has 0 radical (unpaired) electrons. The van der Waals surface area contributed by atoms with Crippen molar-refractivity contribution in [3.05, 3.63) is 48.0 Å². The number of carbonyl (C=O) groups is 2. The van der Waals surface area contributed by atoms with Crippen molar-refractivity contribution in [3.8, 4) is 17.2 Å². The van der Waals surface area contributed by atoms with Crippen LogP contribution in [-0.2, 0) is 16.0 Å². The van der Waals surface area contributed by atoms with E-state index >= 15 is 0 Å². The molecule has 1 aliphatic heterocycles. The van der Waals surface area contributed by atoms with E-state index in [-0.39, 0.29) is 19.4 Å². The molecule has 2 aromatic rings. The Morgan fingerprint density at radius 1 is 1.41 bits per heavy atom. The van der Waals surface area contributed by atoms with Crippen molar-refractivity contribution in [1.82, 2.24) is 4.98 Å². The normalized spacial score (nSPS) is 16.1. The predicted octanol–water partition coefficient (Wildman–Crippen LogP) is 2.54. The Balaban J connectivity index is 1.79. The molecule has 0 bridgehead atoms. The van der Waals surface area contributed by atoms with Gasteiger partial charge in [0.15, 0.2) is 0 Å². The summed E-state index contributed by atoms with van der Waals surface area (Å²) in [5.41, 5.74) is 6.98. The number of benzene rings is 1. The van der Waals surface area contributed by atoms with E-state index in [1.807, 2.05) is 6.07 Å². The molecule has 0 aliphatic carbocycles. The van der Waals surface area contributed by atoms with Gasteiger partial charge in [0.2, 0.25) is 5.91 Å². The molecule has 2 amide bonds. The molecule has 138 valence electrons. The number of nitriles is 1. The molecule has 1 aromatic heterocycles. The second kappa shape index (κ2) is 7.83. The molecule has 1 atom stereocenters. The first kappa shape index (κ1) is 18.3. The Kier molecular flexibility index (Phi) is 5.31. The minimum atomic E-state index is -0.586. The summed E-state index contributed by atoms with van der Waals surface area (Å²) in [4.78, 5) is 28.3. The highest BCUT2D eigenvalue weighted by molar-refractivity contribution is 5.90. The molecule has 0 saturated carbocycles. The van der Waals surface area contributed by atoms with Gasteiger partial charge < -0.3 is 10.5 Å². The SMILES string of the molecule is N#CCc1cc(-c2ccc(N3CC(CCC(N)=O)OC3=O)cc2F)ccn1. The standard InChI is InChI=1S/C19H17FN4O3/c20-17-10-14(24-11-15(27-19(24)26)2-4-18(22)25)1-3-16(17)12-6-8-23-13(9-12)5-7-21/h1,3,6,8-10,15H,2,4-5,11H2,(H2,22,25). The molecule has 0 spiro atoms. The van der Waals surface area contributed by atoms with Crippen molar-refractivity contribution < 1.29 is 18.7 Å². The maximum atomic E-state index is 14.7. The van der Waals surface area contributed by atoms with Crippen LogP contribution in [0.3, 0.4) is 0 Å². The average Bonchev–Trinajstić information content (AvgIpc) is 3.01. The second-order valence-electron chi connectivity index (χ2n) is 6.16. The molecule has 1 aromatic carbocycles. The number of cyclic esters (lactones) is 1. The molecule has 8 heteroatoms. The van der Waals surface area contributed by atoms with Crippen molar-refractivity contribution in [1.29, 1.82) is 5.26 Å². The van der Waals surface area contributed by atoms with Gasteiger partial charge in [-0.05, 0) is 42.3 Å². The fourth-order valence-electron chi connectivity index (χ4n) is 2.92. The summed E-state index contributed by atoms with van der Waals surface area (Å²) < 4.78 is 19.9. The van der Waals surface area contributed by atoms with Crippen LogP contribution in [0.25, 0.3) is 11.1 Å². The largest absolute Gasteiger partial charge is 0.444 e. The minimum absolute atomic E-state index is 0.117. The van der Waals surface area contributed by atoms with E-state index < -0.39 is 23.9 Å². The van der Waals surface area contributed by atoms with Crippen molar-refractivity contribution in [2.24, 2.45) is 5.73 Å². The summed E-state index contributed by atoms with van der Waals surface area (Å²) in [5, 5.41) is 8.77. The monoisotopic (exact) mass is 368 g/mol. The van der Waals surface area contributed by atoms with Gasteiger partial charge in [-0.2, -0.15) is 5.26 Å². The van der Waals surface area contributed by atoms with Gasteiger partial charge in [0, 0.05) is 18.2 Å². The fraction of sp³-hybridized carbons (Fsp3) is 0.263. The van der Waals surface area contributed by atoms with E-state index in [1.54, 1.807) is 24.3 Å². The third kappa shape index (κ3) is 4.20. The number of halogens is 1. The van der Waals surface area contributed by atoms with Gasteiger partial charge in [-0.15, -0.1) is 0 Å². The Labute approximate surface area is 155 Å². The van der Waals surface area contributed by atoms with E-state index in [9.17, 15) is 14.0 Å². The number of primary amides is 1. The molecule has 3 rings (SSSR count). The molecule has 7 nitrogen and oxygen atoms in total. The maximum absolute atomic E-state index is 14.7. The van der Waals surface area contributed by atoms with E-state index in [4.69, 9.17) is 15.7 Å². The Bertz CT molecular complexity index is 925. The van der Waals surface area contributed by atoms with E-state index in [0.29, 0.717) is 28.9 Å². The van der Waals surface area contributed by atoms with Crippen molar-refractivity contribution in [2.75, 3.05) is 11.4 Å². The summed E-state index contributed by atoms with van der Waals surface area (Å²) in [6.45, 7) is 0.229. The third-order valence-electron chi connectivity index (χ3n) is 4.24. The van der Waals surface area contributed by atoms with Crippen LogP contribution >= 0.6 is 0 Å². The highest BCUT2D eigenvalue weighted by Gasteiger charge is 2.32. The van der Waals surface area contributed by atoms with Gasteiger partial charge in [-0.1, -0.05) is 0 Å². The molecular weight excluding hydrogens is 351 g/mol. The molecule has 1 aliphatic rings. The summed E-state index contributed by atoms with van der Waals surface area (Å²) in [7, 11) is 0. The van der Waals surface area contributed by atoms with Gasteiger partial charge in [-0.3, -0.25) is 14.7 Å². The number of aromatic nitrogens is 1. The predicted molar refractivity (Wildman–Crippen MR) is 95.0 cm³/mol. The van der Waals surface area contributed by atoms with E-state index in [2.05, 4.69) is 4.98 Å². The van der Waals surface area contributed by atoms with E-state index in [1.165, 1.54) is 17.2 Å². The zero-order valence-electron chi connectivity index (χ0n) is 14.4. The average molecular weight is 368 g/mol. The molecule has 1 fully saturated rings. The lowest BCUT2D eigenvalue weighted by molar-refractivity contribution is -0.118. The van der Waals surface area contributed by atoms with Crippen LogP contribution in [0.5, 0.6) is 0 Å². The summed E-state index contributed by atoms with van der Waals surface area (Å²) in [6, 6.07) is 9.78. The van der Waals surface area contributed by atoms with Gasteiger partial charge in [0.05, 0.1) is 30.4 Å². The van der Waals surface area contributed by atoms with Crippen LogP contribution in [0.4, 0.5) is 14.9 Å².